The summed E-state index contributed by atoms with van der Waals surface area (Å²) in [7, 11) is 1.78. The van der Waals surface area contributed by atoms with E-state index >= 15 is 0 Å². The molecule has 0 saturated carbocycles. The third kappa shape index (κ3) is 5.25. The molecule has 0 radical (unpaired) electrons. The third-order valence-electron chi connectivity index (χ3n) is 3.31. The van der Waals surface area contributed by atoms with Gasteiger partial charge in [-0.2, -0.15) is 0 Å². The Balaban J connectivity index is 1.82. The topological polar surface area (TPSA) is 69.0 Å². The lowest BCUT2D eigenvalue weighted by Gasteiger charge is -2.13. The number of aryl methyl sites for hydroxylation is 2. The Labute approximate surface area is 136 Å². The average molecular weight is 342 g/mol. The summed E-state index contributed by atoms with van der Waals surface area (Å²) in [5.74, 6) is 0.171. The van der Waals surface area contributed by atoms with E-state index in [0.717, 1.165) is 5.56 Å². The number of aromatic nitrogens is 3. The van der Waals surface area contributed by atoms with Gasteiger partial charge in [0, 0.05) is 13.5 Å². The highest BCUT2D eigenvalue weighted by molar-refractivity contribution is 5.76. The van der Waals surface area contributed by atoms with Gasteiger partial charge in [0.05, 0.1) is 6.04 Å². The van der Waals surface area contributed by atoms with Gasteiger partial charge in [0.15, 0.2) is 5.82 Å². The Bertz CT molecular complexity index is 683. The number of carbonyl (C=O) groups excluding carboxylic acids is 1. The summed E-state index contributed by atoms with van der Waals surface area (Å²) in [5.41, 5.74) is 0.742. The van der Waals surface area contributed by atoms with E-state index in [9.17, 15) is 18.0 Å². The van der Waals surface area contributed by atoms with Gasteiger partial charge in [0.1, 0.15) is 12.1 Å². The van der Waals surface area contributed by atoms with E-state index < -0.39 is 6.36 Å². The summed E-state index contributed by atoms with van der Waals surface area (Å²) >= 11 is 0. The second-order valence-electron chi connectivity index (χ2n) is 5.28. The second-order valence-corrected chi connectivity index (χ2v) is 5.28. The van der Waals surface area contributed by atoms with E-state index in [1.807, 2.05) is 0 Å². The molecule has 130 valence electrons. The van der Waals surface area contributed by atoms with Crippen LogP contribution >= 0.6 is 0 Å². The minimum Gasteiger partial charge on any atom is -0.406 e. The molecule has 1 amide bonds. The minimum atomic E-state index is -4.71. The van der Waals surface area contributed by atoms with Gasteiger partial charge in [-0.3, -0.25) is 4.79 Å². The molecule has 0 saturated heterocycles. The lowest BCUT2D eigenvalue weighted by atomic mass is 10.1. The minimum absolute atomic E-state index is 0.180. The van der Waals surface area contributed by atoms with E-state index in [1.54, 1.807) is 24.9 Å². The van der Waals surface area contributed by atoms with Crippen LogP contribution < -0.4 is 10.1 Å². The molecule has 2 aromatic rings. The monoisotopic (exact) mass is 342 g/mol. The molecular weight excluding hydrogens is 325 g/mol. The second kappa shape index (κ2) is 7.33. The van der Waals surface area contributed by atoms with Crippen molar-refractivity contribution >= 4 is 5.91 Å². The summed E-state index contributed by atoms with van der Waals surface area (Å²) < 4.78 is 41.7. The fourth-order valence-corrected chi connectivity index (χ4v) is 2.18. The highest BCUT2D eigenvalue weighted by Gasteiger charge is 2.30. The molecule has 1 aromatic carbocycles. The summed E-state index contributed by atoms with van der Waals surface area (Å²) in [5, 5.41) is 10.5. The highest BCUT2D eigenvalue weighted by Crippen LogP contribution is 2.23. The van der Waals surface area contributed by atoms with Crippen molar-refractivity contribution in [1.82, 2.24) is 20.1 Å². The van der Waals surface area contributed by atoms with Crippen molar-refractivity contribution in [3.8, 4) is 5.75 Å². The van der Waals surface area contributed by atoms with Gasteiger partial charge < -0.3 is 14.6 Å². The number of nitrogens with one attached hydrogen (secondary N) is 1. The first-order valence-electron chi connectivity index (χ1n) is 7.22. The van der Waals surface area contributed by atoms with E-state index in [1.165, 1.54) is 24.3 Å². The summed E-state index contributed by atoms with van der Waals surface area (Å²) in [4.78, 5) is 11.9. The zero-order valence-electron chi connectivity index (χ0n) is 13.2. The molecule has 0 unspecified atom stereocenters. The predicted molar refractivity (Wildman–Crippen MR) is 79.0 cm³/mol. The molecule has 9 heteroatoms. The Morgan fingerprint density at radius 3 is 2.54 bits per heavy atom. The van der Waals surface area contributed by atoms with Gasteiger partial charge in [-0.25, -0.2) is 0 Å². The molecule has 0 fully saturated rings. The van der Waals surface area contributed by atoms with Crippen LogP contribution in [-0.2, 0) is 18.3 Å². The van der Waals surface area contributed by atoms with Crippen molar-refractivity contribution in [2.45, 2.75) is 32.2 Å². The summed E-state index contributed by atoms with van der Waals surface area (Å²) in [6.07, 6.45) is -2.55. The van der Waals surface area contributed by atoms with Crippen LogP contribution in [0.2, 0.25) is 0 Å². The number of carbonyl (C=O) groups is 1. The lowest BCUT2D eigenvalue weighted by molar-refractivity contribution is -0.274. The van der Waals surface area contributed by atoms with Crippen LogP contribution in [-0.4, -0.2) is 27.0 Å². The maximum absolute atomic E-state index is 12.1. The standard InChI is InChI=1S/C15H17F3N4O2/c1-10(14-21-19-9-22(14)2)20-13(23)8-5-11-3-6-12(7-4-11)24-15(16,17)18/h3-4,6-7,9-10H,5,8H2,1-2H3,(H,20,23)/t10-/m0/s1. The molecule has 1 N–H and O–H groups in total. The molecular formula is C15H17F3N4O2. The van der Waals surface area contributed by atoms with Crippen LogP contribution in [0.25, 0.3) is 0 Å². The molecule has 1 heterocycles. The van der Waals surface area contributed by atoms with E-state index in [4.69, 9.17) is 0 Å². The number of rotatable bonds is 6. The quantitative estimate of drug-likeness (QED) is 0.876. The van der Waals surface area contributed by atoms with Gasteiger partial charge in [-0.1, -0.05) is 12.1 Å². The predicted octanol–water partition coefficient (Wildman–Crippen LogP) is 2.52. The number of hydrogen-bond donors (Lipinski definition) is 1. The van der Waals surface area contributed by atoms with Crippen molar-refractivity contribution in [2.24, 2.45) is 7.05 Å². The average Bonchev–Trinajstić information content (AvgIpc) is 2.91. The van der Waals surface area contributed by atoms with Gasteiger partial charge in [0.2, 0.25) is 5.91 Å². The number of benzene rings is 1. The van der Waals surface area contributed by atoms with Crippen molar-refractivity contribution < 1.29 is 22.7 Å². The molecule has 0 spiro atoms. The fourth-order valence-electron chi connectivity index (χ4n) is 2.18. The Morgan fingerprint density at radius 1 is 1.33 bits per heavy atom. The maximum atomic E-state index is 12.1. The molecule has 1 aromatic heterocycles. The van der Waals surface area contributed by atoms with Gasteiger partial charge in [0.25, 0.3) is 0 Å². The van der Waals surface area contributed by atoms with Gasteiger partial charge in [-0.15, -0.1) is 23.4 Å². The van der Waals surface area contributed by atoms with E-state index in [-0.39, 0.29) is 24.1 Å². The SMILES string of the molecule is C[C@H](NC(=O)CCc1ccc(OC(F)(F)F)cc1)c1nncn1C. The Kier molecular flexibility index (Phi) is 5.42. The van der Waals surface area contributed by atoms with Crippen LogP contribution in [0.15, 0.2) is 30.6 Å². The smallest absolute Gasteiger partial charge is 0.406 e. The highest BCUT2D eigenvalue weighted by atomic mass is 19.4. The first-order valence-corrected chi connectivity index (χ1v) is 7.22. The fraction of sp³-hybridized carbons (Fsp3) is 0.400. The number of nitrogens with zero attached hydrogens (tertiary/aromatic N) is 3. The van der Waals surface area contributed by atoms with Crippen LogP contribution in [0.1, 0.15) is 30.8 Å². The number of amides is 1. The molecule has 2 rings (SSSR count). The normalized spacial score (nSPS) is 12.7. The lowest BCUT2D eigenvalue weighted by Crippen LogP contribution is -2.28. The zero-order chi connectivity index (χ0) is 17.7. The molecule has 0 aliphatic carbocycles. The molecule has 0 bridgehead atoms. The largest absolute Gasteiger partial charge is 0.573 e. The van der Waals surface area contributed by atoms with Crippen LogP contribution in [0.3, 0.4) is 0 Å². The van der Waals surface area contributed by atoms with Crippen LogP contribution in [0, 0.1) is 0 Å². The van der Waals surface area contributed by atoms with Gasteiger partial charge >= 0.3 is 6.36 Å². The number of ether oxygens (including phenoxy) is 1. The number of hydrogen-bond acceptors (Lipinski definition) is 4. The molecule has 6 nitrogen and oxygen atoms in total. The summed E-state index contributed by atoms with van der Waals surface area (Å²) in [6.45, 7) is 1.80. The van der Waals surface area contributed by atoms with Gasteiger partial charge in [-0.05, 0) is 31.0 Å². The molecule has 0 aliphatic rings. The first kappa shape index (κ1) is 17.8. The molecule has 0 aliphatic heterocycles. The van der Waals surface area contributed by atoms with E-state index in [0.29, 0.717) is 12.2 Å². The van der Waals surface area contributed by atoms with Crippen molar-refractivity contribution in [2.75, 3.05) is 0 Å². The number of alkyl halides is 3. The molecule has 1 atom stereocenters. The van der Waals surface area contributed by atoms with Crippen molar-refractivity contribution in [3.05, 3.63) is 42.0 Å². The first-order chi connectivity index (χ1) is 11.2. The van der Waals surface area contributed by atoms with Crippen molar-refractivity contribution in [3.63, 3.8) is 0 Å². The maximum Gasteiger partial charge on any atom is 0.573 e. The number of halogens is 3. The van der Waals surface area contributed by atoms with Crippen LogP contribution in [0.4, 0.5) is 13.2 Å². The Hall–Kier alpha value is -2.58. The van der Waals surface area contributed by atoms with Crippen LogP contribution in [0.5, 0.6) is 5.75 Å². The third-order valence-corrected chi connectivity index (χ3v) is 3.31. The summed E-state index contributed by atoms with van der Waals surface area (Å²) in [6, 6.07) is 5.17. The molecule has 24 heavy (non-hydrogen) atoms. The van der Waals surface area contributed by atoms with E-state index in [2.05, 4.69) is 20.3 Å². The zero-order valence-corrected chi connectivity index (χ0v) is 13.2. The van der Waals surface area contributed by atoms with Crippen molar-refractivity contribution in [1.29, 1.82) is 0 Å². The Morgan fingerprint density at radius 2 is 2.00 bits per heavy atom.